The number of azide groups is 1. The van der Waals surface area contributed by atoms with Gasteiger partial charge in [-0.25, -0.2) is 0 Å². The maximum Gasteiger partial charge on any atom is 0.143 e. The third-order valence-corrected chi connectivity index (χ3v) is 5.54. The van der Waals surface area contributed by atoms with Crippen LogP contribution >= 0.6 is 0 Å². The Bertz CT molecular complexity index is 933. The van der Waals surface area contributed by atoms with Gasteiger partial charge >= 0.3 is 0 Å². The minimum absolute atomic E-state index is 0.356. The molecule has 0 saturated heterocycles. The van der Waals surface area contributed by atoms with Crippen LogP contribution < -0.4 is 0 Å². The Morgan fingerprint density at radius 3 is 1.55 bits per heavy atom. The fourth-order valence-electron chi connectivity index (χ4n) is 3.81. The number of hydrogen-bond donors (Lipinski definition) is 4. The van der Waals surface area contributed by atoms with Crippen LogP contribution in [0.4, 0.5) is 0 Å². The van der Waals surface area contributed by atoms with E-state index in [2.05, 4.69) is 10.0 Å². The van der Waals surface area contributed by atoms with E-state index < -0.39 is 36.6 Å². The molecule has 0 fully saturated rings. The molecule has 0 amide bonds. The van der Waals surface area contributed by atoms with E-state index >= 15 is 0 Å². The van der Waals surface area contributed by atoms with Gasteiger partial charge in [-0.05, 0) is 22.2 Å². The molecule has 4 N–H and O–H groups in total. The van der Waals surface area contributed by atoms with Crippen molar-refractivity contribution in [2.75, 3.05) is 13.2 Å². The SMILES string of the molecule is [N-]=[N+]=N[C@@H](CO)[C@@H](O)[C@H](O)[C@H](O)COC(c1ccccc1)(c1ccccc1)c1ccccc1. The van der Waals surface area contributed by atoms with Gasteiger partial charge in [0.1, 0.15) is 17.8 Å². The van der Waals surface area contributed by atoms with E-state index in [1.807, 2.05) is 91.0 Å². The molecule has 3 aromatic carbocycles. The fourth-order valence-corrected chi connectivity index (χ4v) is 3.81. The van der Waals surface area contributed by atoms with Gasteiger partial charge in [0.15, 0.2) is 0 Å². The van der Waals surface area contributed by atoms with Gasteiger partial charge in [0.2, 0.25) is 0 Å². The van der Waals surface area contributed by atoms with Gasteiger partial charge in [-0.1, -0.05) is 96.1 Å². The highest BCUT2D eigenvalue weighted by Crippen LogP contribution is 2.40. The summed E-state index contributed by atoms with van der Waals surface area (Å²) in [4.78, 5) is 2.55. The maximum atomic E-state index is 10.7. The summed E-state index contributed by atoms with van der Waals surface area (Å²) in [6.07, 6.45) is -4.92. The number of nitrogens with zero attached hydrogens (tertiary/aromatic N) is 3. The number of rotatable bonds is 11. The van der Waals surface area contributed by atoms with E-state index in [9.17, 15) is 20.4 Å². The van der Waals surface area contributed by atoms with Crippen molar-refractivity contribution in [3.63, 3.8) is 0 Å². The van der Waals surface area contributed by atoms with Crippen LogP contribution in [0.5, 0.6) is 0 Å². The Hall–Kier alpha value is -3.23. The predicted octanol–water partition coefficient (Wildman–Crippen LogP) is 2.75. The van der Waals surface area contributed by atoms with Crippen molar-refractivity contribution in [3.05, 3.63) is 118 Å². The van der Waals surface area contributed by atoms with Crippen molar-refractivity contribution < 1.29 is 25.2 Å². The van der Waals surface area contributed by atoms with Gasteiger partial charge in [-0.3, -0.25) is 0 Å². The minimum Gasteiger partial charge on any atom is -0.396 e. The van der Waals surface area contributed by atoms with Crippen molar-refractivity contribution in [1.82, 2.24) is 0 Å². The molecule has 0 radical (unpaired) electrons. The Kier molecular flexibility index (Phi) is 8.57. The van der Waals surface area contributed by atoms with Crippen LogP contribution in [0, 0.1) is 0 Å². The van der Waals surface area contributed by atoms with E-state index in [4.69, 9.17) is 10.3 Å². The lowest BCUT2D eigenvalue weighted by Gasteiger charge is -2.37. The molecule has 0 bridgehead atoms. The normalized spacial score (nSPS) is 15.2. The number of aliphatic hydroxyl groups is 4. The molecule has 8 nitrogen and oxygen atoms in total. The highest BCUT2D eigenvalue weighted by molar-refractivity contribution is 5.47. The number of aliphatic hydroxyl groups excluding tert-OH is 4. The van der Waals surface area contributed by atoms with Crippen LogP contribution in [0.25, 0.3) is 10.4 Å². The van der Waals surface area contributed by atoms with Crippen LogP contribution in [0.3, 0.4) is 0 Å². The first kappa shape index (κ1) is 24.4. The second-order valence-electron chi connectivity index (χ2n) is 7.59. The summed E-state index contributed by atoms with van der Waals surface area (Å²) >= 11 is 0. The van der Waals surface area contributed by atoms with E-state index in [1.54, 1.807) is 0 Å². The van der Waals surface area contributed by atoms with Crippen molar-refractivity contribution in [2.24, 2.45) is 5.11 Å². The summed E-state index contributed by atoms with van der Waals surface area (Å²) in [5, 5.41) is 44.0. The third kappa shape index (κ3) is 5.40. The molecular weight excluding hydrogens is 422 g/mol. The van der Waals surface area contributed by atoms with Gasteiger partial charge in [-0.2, -0.15) is 0 Å². The van der Waals surface area contributed by atoms with Gasteiger partial charge in [-0.15, -0.1) is 0 Å². The minimum atomic E-state index is -1.72. The standard InChI is InChI=1S/C25H27N3O5/c26-28-27-21(16-29)23(31)24(32)22(30)17-33-25(18-10-4-1-5-11-18,19-12-6-2-7-13-19)20-14-8-3-9-15-20/h1-15,21-24,29-32H,16-17H2/t21-,22+,23+,24+/m0/s1. The average Bonchev–Trinajstić information content (AvgIpc) is 2.88. The molecule has 33 heavy (non-hydrogen) atoms. The second-order valence-corrected chi connectivity index (χ2v) is 7.59. The molecule has 0 aliphatic rings. The van der Waals surface area contributed by atoms with Crippen molar-refractivity contribution >= 4 is 0 Å². The molecule has 0 aliphatic heterocycles. The van der Waals surface area contributed by atoms with Gasteiger partial charge in [0.05, 0.1) is 25.4 Å². The maximum absolute atomic E-state index is 10.7. The van der Waals surface area contributed by atoms with E-state index in [0.29, 0.717) is 0 Å². The highest BCUT2D eigenvalue weighted by atomic mass is 16.5. The van der Waals surface area contributed by atoms with Crippen LogP contribution in [0.1, 0.15) is 16.7 Å². The quantitative estimate of drug-likeness (QED) is 0.154. The smallest absolute Gasteiger partial charge is 0.143 e. The molecule has 3 aromatic rings. The summed E-state index contributed by atoms with van der Waals surface area (Å²) < 4.78 is 6.41. The molecule has 0 aliphatic carbocycles. The van der Waals surface area contributed by atoms with E-state index in [-0.39, 0.29) is 6.61 Å². The first-order valence-electron chi connectivity index (χ1n) is 10.5. The molecule has 0 heterocycles. The Balaban J connectivity index is 2.00. The molecular formula is C25H27N3O5. The van der Waals surface area contributed by atoms with Crippen LogP contribution in [-0.4, -0.2) is 58.0 Å². The van der Waals surface area contributed by atoms with Gasteiger partial charge in [0, 0.05) is 4.91 Å². The first-order valence-corrected chi connectivity index (χ1v) is 10.5. The summed E-state index contributed by atoms with van der Waals surface area (Å²) in [7, 11) is 0. The monoisotopic (exact) mass is 449 g/mol. The zero-order valence-electron chi connectivity index (χ0n) is 17.9. The number of hydrogen-bond acceptors (Lipinski definition) is 6. The number of benzene rings is 3. The molecule has 0 saturated carbocycles. The molecule has 0 aromatic heterocycles. The van der Waals surface area contributed by atoms with Gasteiger partial charge < -0.3 is 25.2 Å². The lowest BCUT2D eigenvalue weighted by Crippen LogP contribution is -2.48. The number of ether oxygens (including phenoxy) is 1. The Labute approximate surface area is 192 Å². The lowest BCUT2D eigenvalue weighted by molar-refractivity contribution is -0.116. The Morgan fingerprint density at radius 2 is 1.18 bits per heavy atom. The third-order valence-electron chi connectivity index (χ3n) is 5.54. The topological polar surface area (TPSA) is 139 Å². The Morgan fingerprint density at radius 1 is 0.758 bits per heavy atom. The summed E-state index contributed by atoms with van der Waals surface area (Å²) in [6.45, 7) is -1.04. The van der Waals surface area contributed by atoms with Crippen molar-refractivity contribution in [3.8, 4) is 0 Å². The summed E-state index contributed by atoms with van der Waals surface area (Å²) in [5.74, 6) is 0. The van der Waals surface area contributed by atoms with Crippen molar-refractivity contribution in [1.29, 1.82) is 0 Å². The predicted molar refractivity (Wildman–Crippen MR) is 123 cm³/mol. The van der Waals surface area contributed by atoms with E-state index in [0.717, 1.165) is 16.7 Å². The van der Waals surface area contributed by atoms with Crippen LogP contribution in [-0.2, 0) is 10.3 Å². The second kappa shape index (κ2) is 11.6. The largest absolute Gasteiger partial charge is 0.396 e. The molecule has 0 spiro atoms. The lowest BCUT2D eigenvalue weighted by atomic mass is 9.80. The molecule has 172 valence electrons. The molecule has 0 unspecified atom stereocenters. The van der Waals surface area contributed by atoms with E-state index in [1.165, 1.54) is 0 Å². The molecule has 4 atom stereocenters. The van der Waals surface area contributed by atoms with Crippen molar-refractivity contribution in [2.45, 2.75) is 30.0 Å². The molecule has 8 heteroatoms. The fraction of sp³-hybridized carbons (Fsp3) is 0.280. The van der Waals surface area contributed by atoms with Crippen LogP contribution in [0.2, 0.25) is 0 Å². The summed E-state index contributed by atoms with van der Waals surface area (Å²) in [5.41, 5.74) is 9.91. The zero-order chi connectivity index (χ0) is 23.7. The zero-order valence-corrected chi connectivity index (χ0v) is 17.9. The average molecular weight is 450 g/mol. The van der Waals surface area contributed by atoms with Gasteiger partial charge in [0.25, 0.3) is 0 Å². The summed E-state index contributed by atoms with van der Waals surface area (Å²) in [6, 6.07) is 27.2. The highest BCUT2D eigenvalue weighted by Gasteiger charge is 2.39. The molecule has 3 rings (SSSR count). The van der Waals surface area contributed by atoms with Crippen LogP contribution in [0.15, 0.2) is 96.1 Å². The first-order chi connectivity index (χ1) is 16.0.